The highest BCUT2D eigenvalue weighted by Gasteiger charge is 2.38. The summed E-state index contributed by atoms with van der Waals surface area (Å²) in [6.07, 6.45) is 2.64. The Morgan fingerprint density at radius 2 is 1.88 bits per heavy atom. The van der Waals surface area contributed by atoms with Crippen molar-refractivity contribution in [1.82, 2.24) is 20.5 Å². The number of ether oxygens (including phenoxy) is 2. The van der Waals surface area contributed by atoms with Crippen LogP contribution in [0.4, 0.5) is 9.59 Å². The van der Waals surface area contributed by atoms with Gasteiger partial charge >= 0.3 is 11.4 Å². The van der Waals surface area contributed by atoms with Crippen molar-refractivity contribution in [3.05, 3.63) is 76.0 Å². The van der Waals surface area contributed by atoms with E-state index in [2.05, 4.69) is 22.2 Å². The van der Waals surface area contributed by atoms with E-state index in [-0.39, 0.29) is 48.7 Å². The smallest absolute Gasteiger partial charge is 0.410 e. The minimum atomic E-state index is -0.632. The lowest BCUT2D eigenvalue weighted by Gasteiger charge is -2.23. The summed E-state index contributed by atoms with van der Waals surface area (Å²) in [5.41, 5.74) is 0.519. The third-order valence-corrected chi connectivity index (χ3v) is 7.47. The van der Waals surface area contributed by atoms with Crippen LogP contribution in [0.2, 0.25) is 10.0 Å². The summed E-state index contributed by atoms with van der Waals surface area (Å²) in [5, 5.41) is 5.69. The van der Waals surface area contributed by atoms with Crippen molar-refractivity contribution in [2.45, 2.75) is 50.6 Å². The van der Waals surface area contributed by atoms with Gasteiger partial charge in [-0.3, -0.25) is 14.6 Å². The van der Waals surface area contributed by atoms with Crippen LogP contribution < -0.4 is 10.6 Å². The number of likely N-dealkylation sites (tertiary alicyclic amines) is 1. The van der Waals surface area contributed by atoms with Crippen LogP contribution in [0.15, 0.2) is 49.2 Å². The van der Waals surface area contributed by atoms with Crippen LogP contribution in [0.5, 0.6) is 0 Å². The number of pyridine rings is 1. The second-order valence-electron chi connectivity index (χ2n) is 10.2. The fourth-order valence-corrected chi connectivity index (χ4v) is 5.34. The molecule has 2 N–H and O–H groups in total. The summed E-state index contributed by atoms with van der Waals surface area (Å²) in [5.74, 6) is -0.848. The highest BCUT2D eigenvalue weighted by Crippen LogP contribution is 2.30. The van der Waals surface area contributed by atoms with Crippen LogP contribution in [0.3, 0.4) is 0 Å². The van der Waals surface area contributed by atoms with Crippen LogP contribution in [0.25, 0.3) is 0 Å². The number of thioether (sulfide) groups is 1. The molecule has 220 valence electrons. The topological polar surface area (TPSA) is 127 Å². The van der Waals surface area contributed by atoms with E-state index >= 15 is 0 Å². The van der Waals surface area contributed by atoms with Gasteiger partial charge in [0.25, 0.3) is 11.8 Å². The highest BCUT2D eigenvalue weighted by molar-refractivity contribution is 8.13. The number of nitrogens with one attached hydrogen (secondary N) is 2. The Hall–Kier alpha value is -3.28. The first kappa shape index (κ1) is 32.2. The third kappa shape index (κ3) is 9.94. The zero-order valence-electron chi connectivity index (χ0n) is 22.9. The van der Waals surface area contributed by atoms with Crippen LogP contribution in [0.1, 0.15) is 53.6 Å². The van der Waals surface area contributed by atoms with Gasteiger partial charge in [0.15, 0.2) is 0 Å². The Labute approximate surface area is 253 Å². The van der Waals surface area contributed by atoms with Gasteiger partial charge < -0.3 is 25.0 Å². The van der Waals surface area contributed by atoms with Gasteiger partial charge in [-0.2, -0.15) is 0 Å². The van der Waals surface area contributed by atoms with Gasteiger partial charge in [-0.1, -0.05) is 41.9 Å². The zero-order valence-corrected chi connectivity index (χ0v) is 25.3. The number of aromatic nitrogens is 1. The lowest BCUT2D eigenvalue weighted by atomic mass is 10.2. The minimum Gasteiger partial charge on any atom is -0.452 e. The number of benzene rings is 1. The average Bonchev–Trinajstić information content (AvgIpc) is 3.32. The Kier molecular flexibility index (Phi) is 11.5. The molecule has 10 nitrogen and oxygen atoms in total. The fraction of sp³-hybridized carbons (Fsp3) is 0.393. The van der Waals surface area contributed by atoms with Crippen molar-refractivity contribution in [1.29, 1.82) is 0 Å². The second-order valence-corrected chi connectivity index (χ2v) is 12.2. The van der Waals surface area contributed by atoms with Crippen LogP contribution in [-0.4, -0.2) is 69.7 Å². The number of halogens is 2. The van der Waals surface area contributed by atoms with E-state index in [4.69, 9.17) is 32.7 Å². The monoisotopic (exact) mass is 622 g/mol. The Bertz CT molecular complexity index is 1290. The van der Waals surface area contributed by atoms with Gasteiger partial charge in [0.2, 0.25) is 0 Å². The Balaban J connectivity index is 1.56. The number of hydrogen-bond donors (Lipinski definition) is 2. The third-order valence-electron chi connectivity index (χ3n) is 5.78. The molecule has 3 rings (SSSR count). The molecule has 3 amide bonds. The van der Waals surface area contributed by atoms with E-state index in [1.807, 2.05) is 0 Å². The van der Waals surface area contributed by atoms with E-state index in [1.54, 1.807) is 39.0 Å². The van der Waals surface area contributed by atoms with E-state index in [0.29, 0.717) is 16.5 Å². The Morgan fingerprint density at radius 3 is 2.51 bits per heavy atom. The molecule has 2 atom stereocenters. The first-order valence-electron chi connectivity index (χ1n) is 12.8. The molecular formula is C28H32Cl2N4O6S. The zero-order chi connectivity index (χ0) is 30.2. The predicted molar refractivity (Wildman–Crippen MR) is 158 cm³/mol. The number of carbonyl (C=O) groups excluding carboxylic acids is 4. The van der Waals surface area contributed by atoms with Crippen molar-refractivity contribution >= 4 is 58.2 Å². The van der Waals surface area contributed by atoms with Gasteiger partial charge in [0, 0.05) is 31.1 Å². The number of rotatable bonds is 9. The van der Waals surface area contributed by atoms with Gasteiger partial charge in [0.05, 0.1) is 21.7 Å². The molecule has 0 aliphatic carbocycles. The van der Waals surface area contributed by atoms with Crippen LogP contribution in [-0.2, 0) is 16.0 Å². The molecule has 13 heteroatoms. The van der Waals surface area contributed by atoms with Gasteiger partial charge in [-0.05, 0) is 68.8 Å². The molecule has 1 saturated heterocycles. The average molecular weight is 624 g/mol. The molecule has 1 aliphatic rings. The molecule has 41 heavy (non-hydrogen) atoms. The molecule has 1 aliphatic heterocycles. The number of amides is 3. The molecule has 1 fully saturated rings. The molecule has 0 spiro atoms. The Morgan fingerprint density at radius 1 is 1.12 bits per heavy atom. The summed E-state index contributed by atoms with van der Waals surface area (Å²) in [6.45, 7) is 9.53. The van der Waals surface area contributed by atoms with Crippen LogP contribution in [0, 0.1) is 0 Å². The van der Waals surface area contributed by atoms with Crippen molar-refractivity contribution in [3.63, 3.8) is 0 Å². The van der Waals surface area contributed by atoms with Crippen molar-refractivity contribution < 1.29 is 28.7 Å². The van der Waals surface area contributed by atoms with E-state index in [0.717, 1.165) is 17.3 Å². The molecule has 0 saturated carbocycles. The van der Waals surface area contributed by atoms with E-state index in [9.17, 15) is 19.2 Å². The molecule has 2 unspecified atom stereocenters. The number of nitrogens with zero attached hydrogens (tertiary/aromatic N) is 2. The first-order chi connectivity index (χ1) is 19.4. The molecule has 1 aromatic carbocycles. The highest BCUT2D eigenvalue weighted by atomic mass is 35.5. The van der Waals surface area contributed by atoms with Gasteiger partial charge in [-0.15, -0.1) is 0 Å². The molecular weight excluding hydrogens is 591 g/mol. The predicted octanol–water partition coefficient (Wildman–Crippen LogP) is 5.48. The number of hydrogen-bond acceptors (Lipinski definition) is 8. The maximum absolute atomic E-state index is 12.8. The first-order valence-corrected chi connectivity index (χ1v) is 14.4. The minimum absolute atomic E-state index is 0.0373. The fourth-order valence-electron chi connectivity index (χ4n) is 3.90. The van der Waals surface area contributed by atoms with Crippen molar-refractivity contribution in [3.8, 4) is 0 Å². The molecule has 0 radical (unpaired) electrons. The molecule has 0 bridgehead atoms. The normalized spacial score (nSPS) is 16.6. The van der Waals surface area contributed by atoms with Crippen molar-refractivity contribution in [2.24, 2.45) is 0 Å². The quantitative estimate of drug-likeness (QED) is 0.278. The summed E-state index contributed by atoms with van der Waals surface area (Å²) in [6, 6.07) is 7.59. The van der Waals surface area contributed by atoms with Gasteiger partial charge in [0.1, 0.15) is 17.9 Å². The summed E-state index contributed by atoms with van der Waals surface area (Å²) < 4.78 is 10.6. The van der Waals surface area contributed by atoms with Crippen LogP contribution >= 0.6 is 35.0 Å². The maximum atomic E-state index is 12.8. The lowest BCUT2D eigenvalue weighted by Crippen LogP contribution is -2.43. The van der Waals surface area contributed by atoms with E-state index in [1.165, 1.54) is 29.3 Å². The lowest BCUT2D eigenvalue weighted by molar-refractivity contribution is 0.0736. The van der Waals surface area contributed by atoms with E-state index < -0.39 is 28.9 Å². The second kappa shape index (κ2) is 14.6. The SMILES string of the molecule is C=CCOC(=O)N1CC(SC(=O)OC(C)(C)C)CC1CNC(=O)c1ccc(C(=O)NCc2ccc(Cl)c(Cl)c2)cn1. The summed E-state index contributed by atoms with van der Waals surface area (Å²) in [4.78, 5) is 55.8. The standard InChI is InChI=1S/C28H32Cl2N4O6S/c1-5-10-39-26(37)34-16-20(41-27(38)40-28(2,3)4)12-19(34)15-33-25(36)23-9-7-18(14-31-23)24(35)32-13-17-6-8-21(29)22(30)11-17/h5-9,11,14,19-20H,1,10,12-13,15-16H2,2-4H3,(H,32,35)(H,33,36). The number of carbonyl (C=O) groups is 4. The maximum Gasteiger partial charge on any atom is 0.410 e. The molecule has 1 aromatic heterocycles. The van der Waals surface area contributed by atoms with Crippen molar-refractivity contribution in [2.75, 3.05) is 19.7 Å². The summed E-state index contributed by atoms with van der Waals surface area (Å²) >= 11 is 12.9. The molecule has 2 aromatic rings. The van der Waals surface area contributed by atoms with Gasteiger partial charge in [-0.25, -0.2) is 9.59 Å². The largest absolute Gasteiger partial charge is 0.452 e. The summed E-state index contributed by atoms with van der Waals surface area (Å²) in [7, 11) is 0. The molecule has 2 heterocycles.